The van der Waals surface area contributed by atoms with Crippen molar-refractivity contribution in [2.45, 2.75) is 45.3 Å². The number of para-hydroxylation sites is 1. The Morgan fingerprint density at radius 2 is 2.04 bits per heavy atom. The van der Waals surface area contributed by atoms with E-state index in [1.807, 2.05) is 0 Å². The van der Waals surface area contributed by atoms with Crippen molar-refractivity contribution in [2.75, 3.05) is 20.8 Å². The molecule has 4 rings (SSSR count). The summed E-state index contributed by atoms with van der Waals surface area (Å²) in [5.41, 5.74) is 6.69. The van der Waals surface area contributed by atoms with Crippen molar-refractivity contribution in [3.05, 3.63) is 53.0 Å². The highest BCUT2D eigenvalue weighted by Crippen LogP contribution is 2.25. The van der Waals surface area contributed by atoms with Crippen LogP contribution >= 0.6 is 0 Å². The summed E-state index contributed by atoms with van der Waals surface area (Å²) in [7, 11) is 3.94. The molecular weight excluding hydrogens is 324 g/mol. The first-order chi connectivity index (χ1) is 12.8. The lowest BCUT2D eigenvalue weighted by Gasteiger charge is -2.17. The summed E-state index contributed by atoms with van der Waals surface area (Å²) in [5.74, 6) is 0. The zero-order valence-corrected chi connectivity index (χ0v) is 15.8. The maximum absolute atomic E-state index is 5.27. The van der Waals surface area contributed by atoms with Crippen LogP contribution in [0.4, 0.5) is 0 Å². The van der Waals surface area contributed by atoms with Crippen LogP contribution in [0.2, 0.25) is 0 Å². The van der Waals surface area contributed by atoms with Crippen LogP contribution in [0.3, 0.4) is 0 Å². The van der Waals surface area contributed by atoms with Gasteiger partial charge in [-0.1, -0.05) is 18.2 Å². The normalized spacial score (nSPS) is 14.3. The number of ether oxygens (including phenoxy) is 1. The molecule has 0 radical (unpaired) electrons. The Kier molecular flexibility index (Phi) is 5.09. The number of hydrogen-bond acceptors (Lipinski definition) is 3. The van der Waals surface area contributed by atoms with E-state index in [0.29, 0.717) is 0 Å². The smallest absolute Gasteiger partial charge is 0.0797 e. The molecule has 0 saturated carbocycles. The van der Waals surface area contributed by atoms with Gasteiger partial charge in [0.25, 0.3) is 0 Å². The van der Waals surface area contributed by atoms with Gasteiger partial charge in [0.05, 0.1) is 12.3 Å². The number of H-pyrrole nitrogens is 1. The highest BCUT2D eigenvalue weighted by atomic mass is 16.5. The third kappa shape index (κ3) is 3.41. The number of hydrogen-bond donors (Lipinski definition) is 1. The lowest BCUT2D eigenvalue weighted by atomic mass is 9.96. The highest BCUT2D eigenvalue weighted by Gasteiger charge is 2.18. The minimum Gasteiger partial charge on any atom is -0.383 e. The van der Waals surface area contributed by atoms with E-state index in [0.717, 1.165) is 32.7 Å². The highest BCUT2D eigenvalue weighted by molar-refractivity contribution is 5.83. The summed E-state index contributed by atoms with van der Waals surface area (Å²) >= 11 is 0. The molecule has 5 nitrogen and oxygen atoms in total. The van der Waals surface area contributed by atoms with Crippen molar-refractivity contribution in [1.29, 1.82) is 0 Å². The Bertz CT molecular complexity index is 879. The molecule has 0 atom stereocenters. The van der Waals surface area contributed by atoms with Gasteiger partial charge in [-0.3, -0.25) is 10.00 Å². The number of aromatic amines is 1. The van der Waals surface area contributed by atoms with E-state index >= 15 is 0 Å². The molecule has 0 aliphatic heterocycles. The van der Waals surface area contributed by atoms with Crippen molar-refractivity contribution in [2.24, 2.45) is 0 Å². The van der Waals surface area contributed by atoms with Crippen molar-refractivity contribution in [3.8, 4) is 0 Å². The fourth-order valence-electron chi connectivity index (χ4n) is 4.11. The first-order valence-electron chi connectivity index (χ1n) is 9.55. The van der Waals surface area contributed by atoms with Gasteiger partial charge in [-0.15, -0.1) is 0 Å². The monoisotopic (exact) mass is 352 g/mol. The van der Waals surface area contributed by atoms with E-state index in [1.165, 1.54) is 52.7 Å². The number of nitrogens with one attached hydrogen (secondary N) is 1. The maximum Gasteiger partial charge on any atom is 0.0797 e. The lowest BCUT2D eigenvalue weighted by molar-refractivity contribution is 0.188. The number of aromatic nitrogens is 3. The summed E-state index contributed by atoms with van der Waals surface area (Å²) < 4.78 is 7.57. The molecule has 1 aliphatic rings. The number of nitrogens with zero attached hydrogens (tertiary/aromatic N) is 3. The molecule has 0 amide bonds. The second kappa shape index (κ2) is 7.64. The minimum atomic E-state index is 0.730. The average Bonchev–Trinajstić information content (AvgIpc) is 3.22. The van der Waals surface area contributed by atoms with Gasteiger partial charge in [-0.25, -0.2) is 0 Å². The molecule has 2 heterocycles. The number of methoxy groups -OCH3 is 1. The minimum absolute atomic E-state index is 0.730. The van der Waals surface area contributed by atoms with Crippen LogP contribution in [0.25, 0.3) is 10.9 Å². The number of aryl methyl sites for hydroxylation is 1. The molecule has 26 heavy (non-hydrogen) atoms. The van der Waals surface area contributed by atoms with Crippen LogP contribution in [0.1, 0.15) is 35.4 Å². The first kappa shape index (κ1) is 17.3. The second-order valence-electron chi connectivity index (χ2n) is 7.36. The van der Waals surface area contributed by atoms with Gasteiger partial charge in [0.1, 0.15) is 0 Å². The first-order valence-corrected chi connectivity index (χ1v) is 9.55. The van der Waals surface area contributed by atoms with Crippen LogP contribution in [0, 0.1) is 0 Å². The molecule has 2 aromatic heterocycles. The topological polar surface area (TPSA) is 46.1 Å². The Labute approximate surface area is 155 Å². The maximum atomic E-state index is 5.27. The quantitative estimate of drug-likeness (QED) is 0.708. The Morgan fingerprint density at radius 3 is 2.92 bits per heavy atom. The van der Waals surface area contributed by atoms with E-state index in [-0.39, 0.29) is 0 Å². The SMILES string of the molecule is COCCn1cc(CN(C)Cc2n[nH]c3c2CCCC3)c2ccccc21. The largest absolute Gasteiger partial charge is 0.383 e. The number of benzene rings is 1. The third-order valence-corrected chi connectivity index (χ3v) is 5.41. The lowest BCUT2D eigenvalue weighted by Crippen LogP contribution is -2.18. The van der Waals surface area contributed by atoms with Crippen LogP contribution in [-0.4, -0.2) is 40.4 Å². The van der Waals surface area contributed by atoms with Gasteiger partial charge in [0, 0.05) is 49.5 Å². The summed E-state index contributed by atoms with van der Waals surface area (Å²) in [4.78, 5) is 2.37. The third-order valence-electron chi connectivity index (χ3n) is 5.41. The van der Waals surface area contributed by atoms with E-state index in [4.69, 9.17) is 4.74 Å². The van der Waals surface area contributed by atoms with Gasteiger partial charge in [0.15, 0.2) is 0 Å². The summed E-state index contributed by atoms with van der Waals surface area (Å²) in [6, 6.07) is 8.64. The van der Waals surface area contributed by atoms with E-state index in [1.54, 1.807) is 7.11 Å². The van der Waals surface area contributed by atoms with Crippen LogP contribution < -0.4 is 0 Å². The second-order valence-corrected chi connectivity index (χ2v) is 7.36. The van der Waals surface area contributed by atoms with Gasteiger partial charge in [-0.05, 0) is 49.9 Å². The predicted octanol–water partition coefficient (Wildman–Crippen LogP) is 3.52. The molecule has 0 bridgehead atoms. The molecule has 138 valence electrons. The molecule has 0 saturated heterocycles. The van der Waals surface area contributed by atoms with Crippen molar-refractivity contribution < 1.29 is 4.74 Å². The molecule has 3 aromatic rings. The van der Waals surface area contributed by atoms with Crippen LogP contribution in [0.5, 0.6) is 0 Å². The molecule has 0 fully saturated rings. The van der Waals surface area contributed by atoms with Crippen molar-refractivity contribution >= 4 is 10.9 Å². The van der Waals surface area contributed by atoms with Gasteiger partial charge >= 0.3 is 0 Å². The fraction of sp³-hybridized carbons (Fsp3) is 0.476. The van der Waals surface area contributed by atoms with E-state index < -0.39 is 0 Å². The van der Waals surface area contributed by atoms with Crippen LogP contribution in [-0.2, 0) is 37.2 Å². The summed E-state index contributed by atoms with van der Waals surface area (Å²) in [6.45, 7) is 3.42. The number of rotatable bonds is 7. The van der Waals surface area contributed by atoms with E-state index in [9.17, 15) is 0 Å². The Balaban J connectivity index is 1.52. The standard InChI is InChI=1S/C21H28N4O/c1-24(15-20-18-8-3-5-9-19(18)22-23-20)13-16-14-25(11-12-26-2)21-10-6-4-7-17(16)21/h4,6-7,10,14H,3,5,8-9,11-13,15H2,1-2H3,(H,22,23). The Morgan fingerprint density at radius 1 is 1.19 bits per heavy atom. The average molecular weight is 352 g/mol. The molecule has 1 aromatic carbocycles. The zero-order valence-electron chi connectivity index (χ0n) is 15.8. The molecular formula is C21H28N4O. The molecule has 0 unspecified atom stereocenters. The molecule has 0 spiro atoms. The van der Waals surface area contributed by atoms with Crippen molar-refractivity contribution in [3.63, 3.8) is 0 Å². The summed E-state index contributed by atoms with van der Waals surface area (Å²) in [5, 5.41) is 9.19. The van der Waals surface area contributed by atoms with Gasteiger partial charge < -0.3 is 9.30 Å². The fourth-order valence-corrected chi connectivity index (χ4v) is 4.11. The Hall–Kier alpha value is -2.11. The van der Waals surface area contributed by atoms with E-state index in [2.05, 4.69) is 57.2 Å². The molecule has 1 aliphatic carbocycles. The molecule has 5 heteroatoms. The molecule has 1 N–H and O–H groups in total. The summed E-state index contributed by atoms with van der Waals surface area (Å²) in [6.07, 6.45) is 7.17. The van der Waals surface area contributed by atoms with Gasteiger partial charge in [0.2, 0.25) is 0 Å². The zero-order chi connectivity index (χ0) is 17.9. The number of fused-ring (bicyclic) bond motifs is 2. The van der Waals surface area contributed by atoms with Gasteiger partial charge in [-0.2, -0.15) is 5.10 Å². The van der Waals surface area contributed by atoms with Crippen molar-refractivity contribution in [1.82, 2.24) is 19.7 Å². The van der Waals surface area contributed by atoms with Crippen LogP contribution in [0.15, 0.2) is 30.5 Å². The predicted molar refractivity (Wildman–Crippen MR) is 104 cm³/mol.